The highest BCUT2D eigenvalue weighted by molar-refractivity contribution is 6.04. The topological polar surface area (TPSA) is 45.1 Å². The van der Waals surface area contributed by atoms with Crippen molar-refractivity contribution in [1.82, 2.24) is 9.80 Å². The van der Waals surface area contributed by atoms with E-state index in [2.05, 4.69) is 0 Å². The maximum absolute atomic E-state index is 13.4. The molecule has 1 saturated heterocycles. The maximum Gasteiger partial charge on any atom is 0.416 e. The van der Waals surface area contributed by atoms with Gasteiger partial charge in [-0.05, 0) is 49.6 Å². The van der Waals surface area contributed by atoms with Crippen LogP contribution in [0.15, 0.2) is 41.4 Å². The Kier molecular flexibility index (Phi) is 6.12. The normalized spacial score (nSPS) is 18.5. The van der Waals surface area contributed by atoms with Crippen molar-refractivity contribution >= 4 is 17.4 Å². The first-order valence-corrected chi connectivity index (χ1v) is 11.4. The lowest BCUT2D eigenvalue weighted by Crippen LogP contribution is -2.56. The average molecular weight is 474 g/mol. The van der Waals surface area contributed by atoms with Gasteiger partial charge in [0, 0.05) is 32.1 Å². The second kappa shape index (κ2) is 8.64. The molecule has 1 amide bonds. The zero-order chi connectivity index (χ0) is 24.8. The van der Waals surface area contributed by atoms with Gasteiger partial charge in [-0.2, -0.15) is 13.2 Å². The Morgan fingerprint density at radius 3 is 2.44 bits per heavy atom. The van der Waals surface area contributed by atoms with Crippen LogP contribution in [0, 0.1) is 12.3 Å². The van der Waals surface area contributed by atoms with Gasteiger partial charge in [0.05, 0.1) is 11.1 Å². The molecule has 4 rings (SSSR count). The van der Waals surface area contributed by atoms with Gasteiger partial charge in [-0.15, -0.1) is 0 Å². The van der Waals surface area contributed by atoms with E-state index >= 15 is 0 Å². The number of ether oxygens (including phenoxy) is 1. The van der Waals surface area contributed by atoms with Crippen LogP contribution in [0.3, 0.4) is 0 Å². The van der Waals surface area contributed by atoms with Crippen molar-refractivity contribution in [2.45, 2.75) is 53.3 Å². The SMILES string of the molecule is Cc1ccc2c(c1)C(N1CCN(C(=O)CC(C)(C)C)C(C)C1)=Nc1cc(C(F)(F)F)ccc1O2. The molecule has 8 heteroatoms. The summed E-state index contributed by atoms with van der Waals surface area (Å²) in [5.74, 6) is 1.50. The van der Waals surface area contributed by atoms with Gasteiger partial charge in [-0.25, -0.2) is 4.99 Å². The Hall–Kier alpha value is -3.03. The number of amides is 1. The van der Waals surface area contributed by atoms with Crippen molar-refractivity contribution in [3.05, 3.63) is 53.1 Å². The van der Waals surface area contributed by atoms with Gasteiger partial charge >= 0.3 is 6.18 Å². The van der Waals surface area contributed by atoms with Crippen LogP contribution in [0.1, 0.15) is 50.8 Å². The third-order valence-electron chi connectivity index (χ3n) is 6.04. The van der Waals surface area contributed by atoms with E-state index in [1.165, 1.54) is 6.07 Å². The standard InChI is InChI=1S/C26H30F3N3O2/c1-16-6-8-21-19(12-16)24(30-20-13-18(26(27,28)29)7-9-22(20)34-21)31-10-11-32(17(2)15-31)23(33)14-25(3,4)5/h6-9,12-13,17H,10-11,14-15H2,1-5H3. The van der Waals surface area contributed by atoms with Gasteiger partial charge < -0.3 is 14.5 Å². The van der Waals surface area contributed by atoms with Crippen LogP contribution < -0.4 is 4.74 Å². The second-order valence-corrected chi connectivity index (χ2v) is 10.3. The molecule has 2 aromatic carbocycles. The molecule has 0 aliphatic carbocycles. The van der Waals surface area contributed by atoms with E-state index in [1.54, 1.807) is 0 Å². The van der Waals surface area contributed by atoms with Crippen LogP contribution >= 0.6 is 0 Å². The monoisotopic (exact) mass is 473 g/mol. The third-order valence-corrected chi connectivity index (χ3v) is 6.04. The third kappa shape index (κ3) is 5.05. The summed E-state index contributed by atoms with van der Waals surface area (Å²) in [5, 5.41) is 0. The zero-order valence-corrected chi connectivity index (χ0v) is 20.2. The molecule has 1 atom stereocenters. The summed E-state index contributed by atoms with van der Waals surface area (Å²) < 4.78 is 46.1. The van der Waals surface area contributed by atoms with Crippen LogP contribution in [0.4, 0.5) is 18.9 Å². The number of alkyl halides is 3. The lowest BCUT2D eigenvalue weighted by Gasteiger charge is -2.42. The average Bonchev–Trinajstić information content (AvgIpc) is 2.87. The Bertz CT molecular complexity index is 1140. The number of carbonyl (C=O) groups excluding carboxylic acids is 1. The van der Waals surface area contributed by atoms with E-state index in [1.807, 2.05) is 62.6 Å². The minimum atomic E-state index is -4.48. The number of hydrogen-bond donors (Lipinski definition) is 0. The minimum absolute atomic E-state index is 0.0651. The number of nitrogens with zero attached hydrogens (tertiary/aromatic N) is 3. The molecule has 0 aromatic heterocycles. The van der Waals surface area contributed by atoms with E-state index in [-0.39, 0.29) is 28.8 Å². The first-order valence-electron chi connectivity index (χ1n) is 11.4. The fourth-order valence-corrected chi connectivity index (χ4v) is 4.38. The molecule has 2 heterocycles. The van der Waals surface area contributed by atoms with Crippen LogP contribution in [0.2, 0.25) is 0 Å². The summed E-state index contributed by atoms with van der Waals surface area (Å²) in [7, 11) is 0. The fourth-order valence-electron chi connectivity index (χ4n) is 4.38. The van der Waals surface area contributed by atoms with Crippen LogP contribution in [-0.4, -0.2) is 47.2 Å². The van der Waals surface area contributed by atoms with Gasteiger partial charge in [0.15, 0.2) is 5.75 Å². The van der Waals surface area contributed by atoms with Gasteiger partial charge in [-0.3, -0.25) is 4.79 Å². The van der Waals surface area contributed by atoms with Crippen LogP contribution in [0.25, 0.3) is 0 Å². The van der Waals surface area contributed by atoms with E-state index in [9.17, 15) is 18.0 Å². The molecule has 2 aromatic rings. The number of halogens is 3. The number of benzene rings is 2. The molecular weight excluding hydrogens is 443 g/mol. The summed E-state index contributed by atoms with van der Waals surface area (Å²) in [5.41, 5.74) is 0.978. The molecule has 2 aliphatic heterocycles. The van der Waals surface area contributed by atoms with E-state index < -0.39 is 11.7 Å². The van der Waals surface area contributed by atoms with Crippen molar-refractivity contribution in [3.63, 3.8) is 0 Å². The van der Waals surface area contributed by atoms with Crippen molar-refractivity contribution in [2.75, 3.05) is 19.6 Å². The van der Waals surface area contributed by atoms with Crippen molar-refractivity contribution < 1.29 is 22.7 Å². The predicted octanol–water partition coefficient (Wildman–Crippen LogP) is 6.17. The maximum atomic E-state index is 13.4. The molecular formula is C26H30F3N3O2. The molecule has 0 N–H and O–H groups in total. The second-order valence-electron chi connectivity index (χ2n) is 10.3. The number of amidine groups is 1. The molecule has 0 radical (unpaired) electrons. The first kappa shape index (κ1) is 24.1. The van der Waals surface area contributed by atoms with Gasteiger partial charge in [0.1, 0.15) is 17.3 Å². The highest BCUT2D eigenvalue weighted by Gasteiger charge is 2.34. The van der Waals surface area contributed by atoms with Crippen LogP contribution in [-0.2, 0) is 11.0 Å². The predicted molar refractivity (Wildman–Crippen MR) is 126 cm³/mol. The number of carbonyl (C=O) groups is 1. The molecule has 5 nitrogen and oxygen atoms in total. The summed E-state index contributed by atoms with van der Waals surface area (Å²) in [4.78, 5) is 21.5. The molecule has 0 saturated carbocycles. The van der Waals surface area contributed by atoms with Crippen molar-refractivity contribution in [2.24, 2.45) is 10.4 Å². The molecule has 0 spiro atoms. The summed E-state index contributed by atoms with van der Waals surface area (Å²) in [6, 6.07) is 8.95. The molecule has 1 fully saturated rings. The quantitative estimate of drug-likeness (QED) is 0.498. The lowest BCUT2D eigenvalue weighted by molar-refractivity contribution is -0.138. The zero-order valence-electron chi connectivity index (χ0n) is 20.2. The number of fused-ring (bicyclic) bond motifs is 2. The van der Waals surface area contributed by atoms with E-state index in [0.29, 0.717) is 37.6 Å². The van der Waals surface area contributed by atoms with Crippen molar-refractivity contribution in [3.8, 4) is 11.5 Å². The van der Waals surface area contributed by atoms with E-state index in [0.717, 1.165) is 23.3 Å². The summed E-state index contributed by atoms with van der Waals surface area (Å²) in [6.07, 6.45) is -4.02. The molecule has 0 bridgehead atoms. The largest absolute Gasteiger partial charge is 0.454 e. The van der Waals surface area contributed by atoms with Gasteiger partial charge in [0.2, 0.25) is 5.91 Å². The van der Waals surface area contributed by atoms with Crippen molar-refractivity contribution in [1.29, 1.82) is 0 Å². The Morgan fingerprint density at radius 2 is 1.79 bits per heavy atom. The highest BCUT2D eigenvalue weighted by Crippen LogP contribution is 2.42. The first-order chi connectivity index (χ1) is 15.8. The van der Waals surface area contributed by atoms with Gasteiger partial charge in [-0.1, -0.05) is 32.4 Å². The summed E-state index contributed by atoms with van der Waals surface area (Å²) in [6.45, 7) is 11.6. The number of aryl methyl sites for hydroxylation is 1. The summed E-state index contributed by atoms with van der Waals surface area (Å²) >= 11 is 0. The van der Waals surface area contributed by atoms with Crippen LogP contribution in [0.5, 0.6) is 11.5 Å². The van der Waals surface area contributed by atoms with Gasteiger partial charge in [0.25, 0.3) is 0 Å². The fraction of sp³-hybridized carbons (Fsp3) is 0.462. The molecule has 2 aliphatic rings. The lowest BCUT2D eigenvalue weighted by atomic mass is 9.91. The molecule has 34 heavy (non-hydrogen) atoms. The minimum Gasteiger partial charge on any atom is -0.454 e. The van der Waals surface area contributed by atoms with E-state index in [4.69, 9.17) is 9.73 Å². The molecule has 1 unspecified atom stereocenters. The Morgan fingerprint density at radius 1 is 1.09 bits per heavy atom. The number of hydrogen-bond acceptors (Lipinski definition) is 4. The molecule has 182 valence electrons. The number of rotatable bonds is 1. The highest BCUT2D eigenvalue weighted by atomic mass is 19.4. The number of piperazine rings is 1. The Balaban J connectivity index is 1.71. The smallest absolute Gasteiger partial charge is 0.416 e. The Labute approximate surface area is 198 Å². The number of aliphatic imine (C=N–C) groups is 1.